The molecule has 0 spiro atoms. The van der Waals surface area contributed by atoms with Crippen LogP contribution < -0.4 is 5.32 Å². The number of nitrogens with one attached hydrogen (secondary N) is 1. The number of rotatable bonds is 3. The highest BCUT2D eigenvalue weighted by atomic mass is 15.0. The first-order chi connectivity index (χ1) is 8.65. The molecule has 1 N–H and O–H groups in total. The molecule has 1 heteroatoms. The van der Waals surface area contributed by atoms with Crippen LogP contribution in [0.4, 0.5) is 0 Å². The minimum Gasteiger partial charge on any atom is -0.311 e. The van der Waals surface area contributed by atoms with Crippen LogP contribution in [-0.2, 0) is 6.42 Å². The first kappa shape index (κ1) is 13.6. The van der Waals surface area contributed by atoms with E-state index in [0.717, 1.165) is 0 Å². The second kappa shape index (κ2) is 5.88. The van der Waals surface area contributed by atoms with Gasteiger partial charge in [0, 0.05) is 5.54 Å². The highest BCUT2D eigenvalue weighted by molar-refractivity contribution is 5.32. The average Bonchev–Trinajstić information content (AvgIpc) is 2.60. The Morgan fingerprint density at radius 1 is 1.17 bits per heavy atom. The molecule has 0 bridgehead atoms. The Balaban J connectivity index is 2.20. The van der Waals surface area contributed by atoms with Crippen LogP contribution in [-0.4, -0.2) is 12.1 Å². The maximum Gasteiger partial charge on any atom is 0.0219 e. The molecule has 2 rings (SSSR count). The Labute approximate surface area is 112 Å². The summed E-state index contributed by atoms with van der Waals surface area (Å²) in [5, 5.41) is 3.84. The second-order valence-electron chi connectivity index (χ2n) is 5.98. The van der Waals surface area contributed by atoms with Gasteiger partial charge in [-0.05, 0) is 57.2 Å². The molecule has 1 nitrogen and oxygen atoms in total. The molecular formula is C17H27N. The largest absolute Gasteiger partial charge is 0.311 e. The quantitative estimate of drug-likeness (QED) is 0.843. The van der Waals surface area contributed by atoms with Crippen molar-refractivity contribution in [2.24, 2.45) is 0 Å². The lowest BCUT2D eigenvalue weighted by Gasteiger charge is -2.33. The molecule has 18 heavy (non-hydrogen) atoms. The van der Waals surface area contributed by atoms with Crippen molar-refractivity contribution in [2.75, 3.05) is 6.54 Å². The van der Waals surface area contributed by atoms with Gasteiger partial charge in [0.1, 0.15) is 0 Å². The summed E-state index contributed by atoms with van der Waals surface area (Å²) in [5.41, 5.74) is 4.70. The van der Waals surface area contributed by atoms with Crippen molar-refractivity contribution in [3.8, 4) is 0 Å². The molecule has 1 unspecified atom stereocenters. The number of hydrogen-bond acceptors (Lipinski definition) is 1. The van der Waals surface area contributed by atoms with Gasteiger partial charge in [0.25, 0.3) is 0 Å². The Kier molecular flexibility index (Phi) is 4.45. The van der Waals surface area contributed by atoms with E-state index in [9.17, 15) is 0 Å². The summed E-state index contributed by atoms with van der Waals surface area (Å²) in [4.78, 5) is 0. The lowest BCUT2D eigenvalue weighted by atomic mass is 9.83. The van der Waals surface area contributed by atoms with Gasteiger partial charge in [-0.1, -0.05) is 43.5 Å². The van der Waals surface area contributed by atoms with Crippen LogP contribution in [0.2, 0.25) is 0 Å². The average molecular weight is 245 g/mol. The van der Waals surface area contributed by atoms with Crippen LogP contribution in [0.3, 0.4) is 0 Å². The molecule has 1 fully saturated rings. The molecule has 1 aromatic carbocycles. The third kappa shape index (κ3) is 3.14. The molecule has 0 aliphatic carbocycles. The van der Waals surface area contributed by atoms with E-state index in [2.05, 4.69) is 44.3 Å². The van der Waals surface area contributed by atoms with Crippen LogP contribution in [0.5, 0.6) is 0 Å². The van der Waals surface area contributed by atoms with Crippen molar-refractivity contribution in [3.63, 3.8) is 0 Å². The summed E-state index contributed by atoms with van der Waals surface area (Å²) in [6, 6.07) is 6.86. The zero-order chi connectivity index (χ0) is 13.0. The van der Waals surface area contributed by atoms with Gasteiger partial charge in [0.05, 0.1) is 0 Å². The van der Waals surface area contributed by atoms with Crippen molar-refractivity contribution >= 4 is 0 Å². The van der Waals surface area contributed by atoms with Gasteiger partial charge in [-0.3, -0.25) is 0 Å². The van der Waals surface area contributed by atoms with Crippen molar-refractivity contribution < 1.29 is 0 Å². The second-order valence-corrected chi connectivity index (χ2v) is 5.98. The fourth-order valence-electron chi connectivity index (χ4n) is 3.14. The number of benzene rings is 1. The van der Waals surface area contributed by atoms with Crippen LogP contribution in [0.1, 0.15) is 55.7 Å². The molecule has 1 aromatic rings. The van der Waals surface area contributed by atoms with Gasteiger partial charge < -0.3 is 5.32 Å². The smallest absolute Gasteiger partial charge is 0.0219 e. The van der Waals surface area contributed by atoms with Gasteiger partial charge in [-0.2, -0.15) is 0 Å². The van der Waals surface area contributed by atoms with E-state index in [0.29, 0.717) is 5.54 Å². The molecule has 0 saturated carbocycles. The number of hydrogen-bond donors (Lipinski definition) is 1. The van der Waals surface area contributed by atoms with E-state index < -0.39 is 0 Å². The lowest BCUT2D eigenvalue weighted by molar-refractivity contribution is 0.302. The Morgan fingerprint density at radius 2 is 2.00 bits per heavy atom. The maximum atomic E-state index is 3.84. The molecule has 0 aromatic heterocycles. The summed E-state index contributed by atoms with van der Waals surface area (Å²) in [5.74, 6) is 0. The van der Waals surface area contributed by atoms with Crippen LogP contribution in [0.15, 0.2) is 18.2 Å². The zero-order valence-corrected chi connectivity index (χ0v) is 12.2. The SMILES string of the molecule is CCC1(Cc2cc(C)ccc2C)CCCCCN1. The summed E-state index contributed by atoms with van der Waals surface area (Å²) < 4.78 is 0. The lowest BCUT2D eigenvalue weighted by Crippen LogP contribution is -2.46. The summed E-state index contributed by atoms with van der Waals surface area (Å²) in [6.07, 6.45) is 7.87. The first-order valence-electron chi connectivity index (χ1n) is 7.46. The topological polar surface area (TPSA) is 12.0 Å². The molecule has 1 aliphatic heterocycles. The van der Waals surface area contributed by atoms with Gasteiger partial charge >= 0.3 is 0 Å². The Hall–Kier alpha value is -0.820. The molecule has 100 valence electrons. The minimum absolute atomic E-state index is 0.342. The molecule has 1 heterocycles. The fraction of sp³-hybridized carbons (Fsp3) is 0.647. The monoisotopic (exact) mass is 245 g/mol. The van der Waals surface area contributed by atoms with E-state index in [4.69, 9.17) is 0 Å². The summed E-state index contributed by atoms with van der Waals surface area (Å²) >= 11 is 0. The normalized spacial score (nSPS) is 24.8. The zero-order valence-electron chi connectivity index (χ0n) is 12.2. The summed E-state index contributed by atoms with van der Waals surface area (Å²) in [7, 11) is 0. The predicted octanol–water partition coefficient (Wildman–Crippen LogP) is 4.16. The Bertz CT molecular complexity index is 387. The third-order valence-corrected chi connectivity index (χ3v) is 4.54. The van der Waals surface area contributed by atoms with Crippen molar-refractivity contribution in [2.45, 2.75) is 64.8 Å². The van der Waals surface area contributed by atoms with E-state index >= 15 is 0 Å². The molecular weight excluding hydrogens is 218 g/mol. The van der Waals surface area contributed by atoms with Crippen molar-refractivity contribution in [3.05, 3.63) is 34.9 Å². The molecule has 1 aliphatic rings. The highest BCUT2D eigenvalue weighted by Gasteiger charge is 2.29. The van der Waals surface area contributed by atoms with E-state index in [1.807, 2.05) is 0 Å². The van der Waals surface area contributed by atoms with Gasteiger partial charge in [0.2, 0.25) is 0 Å². The standard InChI is InChI=1S/C17H27N/c1-4-17(10-6-5-7-11-18-17)13-16-12-14(2)8-9-15(16)3/h8-9,12,18H,4-7,10-11,13H2,1-3H3. The molecule has 1 atom stereocenters. The Morgan fingerprint density at radius 3 is 2.78 bits per heavy atom. The van der Waals surface area contributed by atoms with Gasteiger partial charge in [-0.15, -0.1) is 0 Å². The number of aryl methyl sites for hydroxylation is 2. The predicted molar refractivity (Wildman–Crippen MR) is 79.1 cm³/mol. The van der Waals surface area contributed by atoms with Crippen molar-refractivity contribution in [1.82, 2.24) is 5.32 Å². The summed E-state index contributed by atoms with van der Waals surface area (Å²) in [6.45, 7) is 7.97. The van der Waals surface area contributed by atoms with Crippen LogP contribution in [0.25, 0.3) is 0 Å². The fourth-order valence-corrected chi connectivity index (χ4v) is 3.14. The van der Waals surface area contributed by atoms with Crippen LogP contribution >= 0.6 is 0 Å². The van der Waals surface area contributed by atoms with Crippen LogP contribution in [0, 0.1) is 13.8 Å². The van der Waals surface area contributed by atoms with Gasteiger partial charge in [0.15, 0.2) is 0 Å². The minimum atomic E-state index is 0.342. The first-order valence-corrected chi connectivity index (χ1v) is 7.46. The third-order valence-electron chi connectivity index (χ3n) is 4.54. The highest BCUT2D eigenvalue weighted by Crippen LogP contribution is 2.28. The van der Waals surface area contributed by atoms with E-state index in [-0.39, 0.29) is 0 Å². The van der Waals surface area contributed by atoms with E-state index in [1.54, 1.807) is 0 Å². The van der Waals surface area contributed by atoms with Crippen molar-refractivity contribution in [1.29, 1.82) is 0 Å². The maximum absolute atomic E-state index is 3.84. The van der Waals surface area contributed by atoms with Gasteiger partial charge in [-0.25, -0.2) is 0 Å². The molecule has 0 radical (unpaired) electrons. The molecule has 1 saturated heterocycles. The molecule has 0 amide bonds. The van der Waals surface area contributed by atoms with E-state index in [1.165, 1.54) is 61.8 Å².